The molecule has 1 aromatic heterocycles. The highest BCUT2D eigenvalue weighted by Gasteiger charge is 2.20. The second-order valence-electron chi connectivity index (χ2n) is 3.28. The number of carbonyl (C=O) groups is 2. The number of methoxy groups -OCH3 is 1. The zero-order valence-electron chi connectivity index (χ0n) is 10.0. The van der Waals surface area contributed by atoms with Crippen molar-refractivity contribution in [3.63, 3.8) is 0 Å². The van der Waals surface area contributed by atoms with Gasteiger partial charge in [0.15, 0.2) is 5.69 Å². The molecule has 0 bridgehead atoms. The van der Waals surface area contributed by atoms with Crippen molar-refractivity contribution in [1.29, 1.82) is 0 Å². The highest BCUT2D eigenvalue weighted by Crippen LogP contribution is 2.15. The summed E-state index contributed by atoms with van der Waals surface area (Å²) in [7, 11) is 1.27. The number of ether oxygens (including phenoxy) is 2. The van der Waals surface area contributed by atoms with E-state index in [1.165, 1.54) is 11.7 Å². The molecule has 0 unspecified atom stereocenters. The number of aromatic nitrogens is 2. The van der Waals surface area contributed by atoms with Gasteiger partial charge in [-0.2, -0.15) is 0 Å². The molecule has 0 saturated heterocycles. The molecule has 0 atom stereocenters. The van der Waals surface area contributed by atoms with Crippen molar-refractivity contribution in [2.24, 2.45) is 0 Å². The number of imidazole rings is 1. The molecule has 0 radical (unpaired) electrons. The number of rotatable bonds is 4. The lowest BCUT2D eigenvalue weighted by molar-refractivity contribution is -0.141. The monoisotopic (exact) mass is 241 g/mol. The van der Waals surface area contributed by atoms with Crippen molar-refractivity contribution in [2.75, 3.05) is 19.5 Å². The van der Waals surface area contributed by atoms with Crippen LogP contribution in [0.4, 0.5) is 5.82 Å². The third-order valence-corrected chi connectivity index (χ3v) is 2.18. The Labute approximate surface area is 98.5 Å². The van der Waals surface area contributed by atoms with Crippen molar-refractivity contribution in [1.82, 2.24) is 9.55 Å². The zero-order chi connectivity index (χ0) is 13.0. The third kappa shape index (κ3) is 2.74. The van der Waals surface area contributed by atoms with Crippen LogP contribution in [0, 0.1) is 6.92 Å². The summed E-state index contributed by atoms with van der Waals surface area (Å²) >= 11 is 0. The minimum absolute atomic E-state index is 0.0215. The number of hydrogen-bond acceptors (Lipinski definition) is 6. The first kappa shape index (κ1) is 13.0. The number of hydrogen-bond donors (Lipinski definition) is 1. The Morgan fingerprint density at radius 3 is 2.65 bits per heavy atom. The largest absolute Gasteiger partial charge is 0.468 e. The minimum Gasteiger partial charge on any atom is -0.468 e. The van der Waals surface area contributed by atoms with Gasteiger partial charge in [-0.05, 0) is 13.8 Å². The van der Waals surface area contributed by atoms with E-state index < -0.39 is 11.9 Å². The smallest absolute Gasteiger partial charge is 0.360 e. The van der Waals surface area contributed by atoms with E-state index in [0.717, 1.165) is 0 Å². The van der Waals surface area contributed by atoms with Gasteiger partial charge in [0.05, 0.1) is 13.7 Å². The Morgan fingerprint density at radius 1 is 1.47 bits per heavy atom. The summed E-state index contributed by atoms with van der Waals surface area (Å²) in [6.45, 7) is 3.48. The van der Waals surface area contributed by atoms with E-state index in [4.69, 9.17) is 10.5 Å². The van der Waals surface area contributed by atoms with Crippen LogP contribution in [0.1, 0.15) is 23.2 Å². The van der Waals surface area contributed by atoms with Crippen molar-refractivity contribution in [3.8, 4) is 0 Å². The molecule has 94 valence electrons. The third-order valence-electron chi connectivity index (χ3n) is 2.18. The number of nitrogen functional groups attached to an aromatic ring is 1. The Balaban J connectivity index is 3.01. The van der Waals surface area contributed by atoms with E-state index in [9.17, 15) is 9.59 Å². The van der Waals surface area contributed by atoms with E-state index in [2.05, 4.69) is 9.72 Å². The molecule has 2 N–H and O–H groups in total. The number of aryl methyl sites for hydroxylation is 1. The SMILES string of the molecule is CCOC(=O)c1nc(C)n(CC(=O)OC)c1N. The van der Waals surface area contributed by atoms with Gasteiger partial charge in [-0.3, -0.25) is 4.79 Å². The lowest BCUT2D eigenvalue weighted by atomic mass is 10.4. The lowest BCUT2D eigenvalue weighted by Crippen LogP contribution is -2.15. The summed E-state index contributed by atoms with van der Waals surface area (Å²) in [6.07, 6.45) is 0. The molecular weight excluding hydrogens is 226 g/mol. The molecular formula is C10H15N3O4. The van der Waals surface area contributed by atoms with Crippen molar-refractivity contribution >= 4 is 17.8 Å². The molecule has 0 fully saturated rings. The van der Waals surface area contributed by atoms with Crippen molar-refractivity contribution in [2.45, 2.75) is 20.4 Å². The van der Waals surface area contributed by atoms with Crippen LogP contribution in [-0.4, -0.2) is 35.2 Å². The van der Waals surface area contributed by atoms with Gasteiger partial charge in [0.1, 0.15) is 18.2 Å². The summed E-state index contributed by atoms with van der Waals surface area (Å²) < 4.78 is 10.7. The first-order chi connectivity index (χ1) is 8.01. The van der Waals surface area contributed by atoms with Crippen LogP contribution in [0.25, 0.3) is 0 Å². The topological polar surface area (TPSA) is 96.4 Å². The highest BCUT2D eigenvalue weighted by molar-refractivity contribution is 5.92. The average Bonchev–Trinajstić information content (AvgIpc) is 2.57. The summed E-state index contributed by atoms with van der Waals surface area (Å²) in [4.78, 5) is 26.6. The molecule has 7 nitrogen and oxygen atoms in total. The maximum absolute atomic E-state index is 11.5. The lowest BCUT2D eigenvalue weighted by Gasteiger charge is -2.05. The second kappa shape index (κ2) is 5.33. The fraction of sp³-hybridized carbons (Fsp3) is 0.500. The summed E-state index contributed by atoms with van der Waals surface area (Å²) in [5.41, 5.74) is 5.75. The molecule has 1 rings (SSSR count). The Morgan fingerprint density at radius 2 is 2.12 bits per heavy atom. The fourth-order valence-electron chi connectivity index (χ4n) is 1.32. The van der Waals surface area contributed by atoms with Crippen LogP contribution in [0.5, 0.6) is 0 Å². The second-order valence-corrected chi connectivity index (χ2v) is 3.28. The Bertz CT molecular complexity index is 439. The molecule has 0 aromatic carbocycles. The van der Waals surface area contributed by atoms with Crippen LogP contribution in [0.2, 0.25) is 0 Å². The quantitative estimate of drug-likeness (QED) is 0.752. The molecule has 1 aromatic rings. The van der Waals surface area contributed by atoms with Gasteiger partial charge in [-0.15, -0.1) is 0 Å². The summed E-state index contributed by atoms with van der Waals surface area (Å²) in [5, 5.41) is 0. The van der Waals surface area contributed by atoms with Gasteiger partial charge in [0.2, 0.25) is 0 Å². The molecule has 0 amide bonds. The molecule has 1 heterocycles. The average molecular weight is 241 g/mol. The maximum atomic E-state index is 11.5. The predicted octanol–water partition coefficient (Wildman–Crippen LogP) is 0.123. The Hall–Kier alpha value is -2.05. The van der Waals surface area contributed by atoms with Crippen LogP contribution >= 0.6 is 0 Å². The predicted molar refractivity (Wildman–Crippen MR) is 59.3 cm³/mol. The first-order valence-electron chi connectivity index (χ1n) is 5.07. The molecule has 7 heteroatoms. The van der Waals surface area contributed by atoms with E-state index in [0.29, 0.717) is 5.82 Å². The number of nitrogens with two attached hydrogens (primary N) is 1. The molecule has 0 aliphatic rings. The fourth-order valence-corrected chi connectivity index (χ4v) is 1.32. The number of carbonyl (C=O) groups excluding carboxylic acids is 2. The summed E-state index contributed by atoms with van der Waals surface area (Å²) in [5.74, 6) is -0.508. The highest BCUT2D eigenvalue weighted by atomic mass is 16.5. The van der Waals surface area contributed by atoms with Crippen LogP contribution in [0.3, 0.4) is 0 Å². The molecule has 0 aliphatic heterocycles. The van der Waals surface area contributed by atoms with Gasteiger partial charge in [0.25, 0.3) is 0 Å². The van der Waals surface area contributed by atoms with Crippen molar-refractivity contribution < 1.29 is 19.1 Å². The number of anilines is 1. The number of nitrogens with zero attached hydrogens (tertiary/aromatic N) is 2. The molecule has 17 heavy (non-hydrogen) atoms. The first-order valence-corrected chi connectivity index (χ1v) is 5.07. The van der Waals surface area contributed by atoms with E-state index in [-0.39, 0.29) is 24.7 Å². The van der Waals surface area contributed by atoms with Crippen LogP contribution < -0.4 is 5.73 Å². The maximum Gasteiger partial charge on any atom is 0.360 e. The van der Waals surface area contributed by atoms with Gasteiger partial charge in [-0.25, -0.2) is 9.78 Å². The van der Waals surface area contributed by atoms with Gasteiger partial charge in [-0.1, -0.05) is 0 Å². The normalized spacial score (nSPS) is 10.1. The van der Waals surface area contributed by atoms with Gasteiger partial charge < -0.3 is 19.8 Å². The van der Waals surface area contributed by atoms with E-state index in [1.54, 1.807) is 13.8 Å². The zero-order valence-corrected chi connectivity index (χ0v) is 10.0. The summed E-state index contributed by atoms with van der Waals surface area (Å²) in [6, 6.07) is 0. The van der Waals surface area contributed by atoms with Crippen molar-refractivity contribution in [3.05, 3.63) is 11.5 Å². The molecule has 0 saturated carbocycles. The van der Waals surface area contributed by atoms with E-state index >= 15 is 0 Å². The Kier molecular flexibility index (Phi) is 4.08. The minimum atomic E-state index is -0.600. The van der Waals surface area contributed by atoms with Gasteiger partial charge >= 0.3 is 11.9 Å². The van der Waals surface area contributed by atoms with Gasteiger partial charge in [0, 0.05) is 0 Å². The molecule has 0 aliphatic carbocycles. The standard InChI is InChI=1S/C10H15N3O4/c1-4-17-10(15)8-9(11)13(6(2)12-8)5-7(14)16-3/h4-5,11H2,1-3H3. The van der Waals surface area contributed by atoms with E-state index in [1.807, 2.05) is 0 Å². The number of esters is 2. The van der Waals surface area contributed by atoms with Crippen LogP contribution in [0.15, 0.2) is 0 Å². The van der Waals surface area contributed by atoms with Crippen LogP contribution in [-0.2, 0) is 20.8 Å². The molecule has 0 spiro atoms.